The summed E-state index contributed by atoms with van der Waals surface area (Å²) in [6.45, 7) is 0.741. The predicted octanol–water partition coefficient (Wildman–Crippen LogP) is 0.776. The van der Waals surface area contributed by atoms with Crippen LogP contribution in [0.4, 0.5) is 5.95 Å². The molecule has 3 rings (SSSR count). The van der Waals surface area contributed by atoms with E-state index in [-0.39, 0.29) is 11.9 Å². The highest BCUT2D eigenvalue weighted by molar-refractivity contribution is 5.83. The first kappa shape index (κ1) is 10.7. The van der Waals surface area contributed by atoms with Crippen LogP contribution in [0, 0.1) is 0 Å². The molecule has 2 aromatic rings. The van der Waals surface area contributed by atoms with Gasteiger partial charge in [0.2, 0.25) is 5.95 Å². The van der Waals surface area contributed by atoms with Gasteiger partial charge in [0.25, 0.3) is 5.82 Å². The van der Waals surface area contributed by atoms with Gasteiger partial charge in [-0.3, -0.25) is 4.98 Å². The molecule has 0 radical (unpaired) electrons. The fourth-order valence-electron chi connectivity index (χ4n) is 2.09. The third-order valence-corrected chi connectivity index (χ3v) is 2.91. The van der Waals surface area contributed by atoms with Gasteiger partial charge in [0.1, 0.15) is 0 Å². The average molecular weight is 245 g/mol. The summed E-state index contributed by atoms with van der Waals surface area (Å²) >= 11 is 0. The van der Waals surface area contributed by atoms with Crippen molar-refractivity contribution in [1.82, 2.24) is 19.7 Å². The van der Waals surface area contributed by atoms with Gasteiger partial charge >= 0.3 is 5.97 Å². The van der Waals surface area contributed by atoms with Crippen LogP contribution in [0.15, 0.2) is 24.5 Å². The van der Waals surface area contributed by atoms with Crippen LogP contribution < -0.4 is 5.32 Å². The summed E-state index contributed by atoms with van der Waals surface area (Å²) in [7, 11) is 0. The predicted molar refractivity (Wildman–Crippen MR) is 62.5 cm³/mol. The Morgan fingerprint density at radius 2 is 2.22 bits per heavy atom. The van der Waals surface area contributed by atoms with E-state index in [9.17, 15) is 4.79 Å². The molecule has 0 aromatic carbocycles. The maximum absolute atomic E-state index is 10.9. The molecule has 3 heterocycles. The second-order valence-corrected chi connectivity index (χ2v) is 4.02. The van der Waals surface area contributed by atoms with Crippen molar-refractivity contribution in [2.24, 2.45) is 0 Å². The van der Waals surface area contributed by atoms with Gasteiger partial charge in [-0.25, -0.2) is 9.48 Å². The van der Waals surface area contributed by atoms with Gasteiger partial charge in [-0.05, 0) is 24.1 Å². The number of nitrogens with one attached hydrogen (secondary N) is 1. The monoisotopic (exact) mass is 245 g/mol. The molecular weight excluding hydrogens is 234 g/mol. The summed E-state index contributed by atoms with van der Waals surface area (Å²) in [5, 5.41) is 16.0. The Hall–Kier alpha value is -2.44. The van der Waals surface area contributed by atoms with Crippen LogP contribution in [0.5, 0.6) is 0 Å². The number of pyridine rings is 1. The van der Waals surface area contributed by atoms with Crippen molar-refractivity contribution >= 4 is 11.9 Å². The fourth-order valence-corrected chi connectivity index (χ4v) is 2.09. The molecule has 1 aliphatic heterocycles. The van der Waals surface area contributed by atoms with E-state index in [4.69, 9.17) is 5.11 Å². The van der Waals surface area contributed by atoms with Crippen LogP contribution >= 0.6 is 0 Å². The van der Waals surface area contributed by atoms with Crippen LogP contribution in [0.25, 0.3) is 0 Å². The first-order chi connectivity index (χ1) is 8.75. The molecule has 18 heavy (non-hydrogen) atoms. The van der Waals surface area contributed by atoms with Crippen molar-refractivity contribution in [3.8, 4) is 0 Å². The Kier molecular flexibility index (Phi) is 2.44. The number of nitrogens with zero attached hydrogens (tertiary/aromatic N) is 4. The maximum Gasteiger partial charge on any atom is 0.375 e. The van der Waals surface area contributed by atoms with E-state index in [0.717, 1.165) is 18.5 Å². The van der Waals surface area contributed by atoms with Crippen LogP contribution in [0.1, 0.15) is 28.6 Å². The smallest absolute Gasteiger partial charge is 0.375 e. The molecule has 0 spiro atoms. The fraction of sp³-hybridized carbons (Fsp3) is 0.273. The molecule has 7 nitrogen and oxygen atoms in total. The van der Waals surface area contributed by atoms with Gasteiger partial charge in [0.05, 0.1) is 6.04 Å². The number of rotatable bonds is 2. The molecule has 92 valence electrons. The van der Waals surface area contributed by atoms with Crippen molar-refractivity contribution in [3.63, 3.8) is 0 Å². The maximum atomic E-state index is 10.9. The molecule has 1 unspecified atom stereocenters. The zero-order valence-corrected chi connectivity index (χ0v) is 9.45. The summed E-state index contributed by atoms with van der Waals surface area (Å²) in [4.78, 5) is 18.8. The van der Waals surface area contributed by atoms with Gasteiger partial charge in [0, 0.05) is 18.9 Å². The Labute approximate surface area is 102 Å². The van der Waals surface area contributed by atoms with Crippen molar-refractivity contribution in [2.75, 3.05) is 11.9 Å². The van der Waals surface area contributed by atoms with Gasteiger partial charge in [-0.15, -0.1) is 5.10 Å². The van der Waals surface area contributed by atoms with Gasteiger partial charge in [0.15, 0.2) is 0 Å². The highest BCUT2D eigenvalue weighted by atomic mass is 16.4. The standard InChI is InChI=1S/C11H11N5O2/c17-10(18)9-14-11-13-6-3-8(16(11)15-9)7-1-4-12-5-2-7/h1-2,4-5,8H,3,6H2,(H,17,18)(H,13,14,15). The molecule has 7 heteroatoms. The minimum Gasteiger partial charge on any atom is -0.475 e. The number of hydrogen-bond acceptors (Lipinski definition) is 5. The average Bonchev–Trinajstić information content (AvgIpc) is 2.83. The topological polar surface area (TPSA) is 92.9 Å². The quantitative estimate of drug-likeness (QED) is 0.812. The lowest BCUT2D eigenvalue weighted by atomic mass is 10.0. The highest BCUT2D eigenvalue weighted by Crippen LogP contribution is 2.27. The third-order valence-electron chi connectivity index (χ3n) is 2.91. The van der Waals surface area contributed by atoms with E-state index in [1.54, 1.807) is 17.1 Å². The zero-order chi connectivity index (χ0) is 12.5. The van der Waals surface area contributed by atoms with Crippen LogP contribution in [0.2, 0.25) is 0 Å². The lowest BCUT2D eigenvalue weighted by Gasteiger charge is -2.24. The molecule has 2 N–H and O–H groups in total. The number of aromatic carboxylic acids is 1. The number of aromatic nitrogens is 4. The molecule has 0 fully saturated rings. The number of carbonyl (C=O) groups is 1. The molecule has 0 saturated carbocycles. The van der Waals surface area contributed by atoms with Crippen LogP contribution in [0.3, 0.4) is 0 Å². The Morgan fingerprint density at radius 3 is 2.94 bits per heavy atom. The second-order valence-electron chi connectivity index (χ2n) is 4.02. The zero-order valence-electron chi connectivity index (χ0n) is 9.45. The lowest BCUT2D eigenvalue weighted by Crippen LogP contribution is -2.24. The third kappa shape index (κ3) is 1.69. The summed E-state index contributed by atoms with van der Waals surface area (Å²) in [5.41, 5.74) is 1.05. The Morgan fingerprint density at radius 1 is 1.44 bits per heavy atom. The van der Waals surface area contributed by atoms with E-state index < -0.39 is 5.97 Å². The lowest BCUT2D eigenvalue weighted by molar-refractivity contribution is 0.0683. The van der Waals surface area contributed by atoms with Crippen molar-refractivity contribution < 1.29 is 9.90 Å². The highest BCUT2D eigenvalue weighted by Gasteiger charge is 2.26. The van der Waals surface area contributed by atoms with Crippen LogP contribution in [-0.4, -0.2) is 37.4 Å². The van der Waals surface area contributed by atoms with Crippen LogP contribution in [-0.2, 0) is 0 Å². The second kappa shape index (κ2) is 4.10. The van der Waals surface area contributed by atoms with Gasteiger partial charge in [-0.1, -0.05) is 0 Å². The number of anilines is 1. The van der Waals surface area contributed by atoms with Gasteiger partial charge < -0.3 is 10.4 Å². The molecule has 1 atom stereocenters. The van der Waals surface area contributed by atoms with E-state index in [1.807, 2.05) is 12.1 Å². The molecule has 0 saturated heterocycles. The Balaban J connectivity index is 2.04. The SMILES string of the molecule is O=C(O)c1nc2n(n1)C(c1ccncc1)CCN2. The number of fused-ring (bicyclic) bond motifs is 1. The van der Waals surface area contributed by atoms with E-state index in [2.05, 4.69) is 20.4 Å². The molecule has 1 aliphatic rings. The first-order valence-corrected chi connectivity index (χ1v) is 5.59. The van der Waals surface area contributed by atoms with Crippen molar-refractivity contribution in [2.45, 2.75) is 12.5 Å². The molecule has 0 bridgehead atoms. The summed E-state index contributed by atoms with van der Waals surface area (Å²) in [6.07, 6.45) is 4.26. The number of carboxylic acids is 1. The van der Waals surface area contributed by atoms with E-state index in [1.165, 1.54) is 0 Å². The van der Waals surface area contributed by atoms with E-state index in [0.29, 0.717) is 5.95 Å². The first-order valence-electron chi connectivity index (χ1n) is 5.59. The van der Waals surface area contributed by atoms with Crippen molar-refractivity contribution in [3.05, 3.63) is 35.9 Å². The normalized spacial score (nSPS) is 17.9. The molecule has 0 amide bonds. The summed E-state index contributed by atoms with van der Waals surface area (Å²) in [6, 6.07) is 3.81. The molecular formula is C11H11N5O2. The van der Waals surface area contributed by atoms with E-state index >= 15 is 0 Å². The number of hydrogen-bond donors (Lipinski definition) is 2. The summed E-state index contributed by atoms with van der Waals surface area (Å²) in [5.74, 6) is -0.800. The molecule has 0 aliphatic carbocycles. The summed E-state index contributed by atoms with van der Waals surface area (Å²) < 4.78 is 1.63. The minimum absolute atomic E-state index is 0.00449. The largest absolute Gasteiger partial charge is 0.475 e. The van der Waals surface area contributed by atoms with Gasteiger partial charge in [-0.2, -0.15) is 4.98 Å². The number of carboxylic acid groups (broad SMARTS) is 1. The Bertz CT molecular complexity index is 580. The minimum atomic E-state index is -1.12. The van der Waals surface area contributed by atoms with Crippen molar-refractivity contribution in [1.29, 1.82) is 0 Å². The molecule has 2 aromatic heterocycles.